The summed E-state index contributed by atoms with van der Waals surface area (Å²) < 4.78 is 0. The molecule has 0 bridgehead atoms. The van der Waals surface area contributed by atoms with Crippen molar-refractivity contribution in [3.63, 3.8) is 0 Å². The van der Waals surface area contributed by atoms with Gasteiger partial charge in [-0.3, -0.25) is 0 Å². The van der Waals surface area contributed by atoms with Crippen LogP contribution in [0.3, 0.4) is 0 Å². The molecule has 0 unspecified atom stereocenters. The molecule has 2 amide bonds. The third-order valence-corrected chi connectivity index (χ3v) is 4.84. The highest BCUT2D eigenvalue weighted by molar-refractivity contribution is 5.90. The number of amides is 2. The van der Waals surface area contributed by atoms with Crippen molar-refractivity contribution in [3.8, 4) is 0 Å². The van der Waals surface area contributed by atoms with Crippen LogP contribution in [0.25, 0.3) is 0 Å². The lowest BCUT2D eigenvalue weighted by atomic mass is 10.1. The highest BCUT2D eigenvalue weighted by atomic mass is 16.3. The van der Waals surface area contributed by atoms with Gasteiger partial charge >= 0.3 is 6.03 Å². The molecule has 2 aliphatic rings. The van der Waals surface area contributed by atoms with E-state index < -0.39 is 0 Å². The predicted molar refractivity (Wildman–Crippen MR) is 97.5 cm³/mol. The van der Waals surface area contributed by atoms with E-state index in [0.717, 1.165) is 31.6 Å². The van der Waals surface area contributed by atoms with Crippen LogP contribution in [0.4, 0.5) is 16.2 Å². The Kier molecular flexibility index (Phi) is 5.41. The molecule has 0 spiro atoms. The summed E-state index contributed by atoms with van der Waals surface area (Å²) in [7, 11) is 0. The minimum absolute atomic E-state index is 0.00219. The van der Waals surface area contributed by atoms with E-state index in [4.69, 9.17) is 5.11 Å². The Hall–Kier alpha value is -2.01. The van der Waals surface area contributed by atoms with Gasteiger partial charge in [0.25, 0.3) is 0 Å². The number of urea groups is 1. The van der Waals surface area contributed by atoms with Crippen LogP contribution in [-0.2, 0) is 6.42 Å². The molecule has 0 aromatic heterocycles. The molecular formula is C19H27N3O2. The average Bonchev–Trinajstić information content (AvgIpc) is 3.19. The van der Waals surface area contributed by atoms with Crippen molar-refractivity contribution < 1.29 is 9.90 Å². The summed E-state index contributed by atoms with van der Waals surface area (Å²) in [5, 5.41) is 15.0. The van der Waals surface area contributed by atoms with Crippen molar-refractivity contribution in [2.24, 2.45) is 5.92 Å². The average molecular weight is 329 g/mol. The molecular weight excluding hydrogens is 302 g/mol. The van der Waals surface area contributed by atoms with Crippen molar-refractivity contribution >= 4 is 17.4 Å². The number of unbranched alkanes of at least 4 members (excludes halogenated alkanes) is 1. The van der Waals surface area contributed by atoms with E-state index in [-0.39, 0.29) is 24.6 Å². The van der Waals surface area contributed by atoms with Crippen LogP contribution in [-0.4, -0.2) is 36.9 Å². The van der Waals surface area contributed by atoms with Crippen molar-refractivity contribution in [2.45, 2.75) is 38.6 Å². The summed E-state index contributed by atoms with van der Waals surface area (Å²) in [6, 6.07) is 5.98. The molecule has 1 aliphatic heterocycles. The normalized spacial score (nSPS) is 21.8. The van der Waals surface area contributed by atoms with Gasteiger partial charge in [0.1, 0.15) is 0 Å². The lowest BCUT2D eigenvalue weighted by molar-refractivity contribution is 0.238. The molecule has 5 heteroatoms. The van der Waals surface area contributed by atoms with Gasteiger partial charge in [-0.25, -0.2) is 4.79 Å². The van der Waals surface area contributed by atoms with E-state index in [2.05, 4.69) is 34.6 Å². The van der Waals surface area contributed by atoms with Gasteiger partial charge in [0.15, 0.2) is 0 Å². The van der Waals surface area contributed by atoms with Gasteiger partial charge in [-0.2, -0.15) is 0 Å². The summed E-state index contributed by atoms with van der Waals surface area (Å²) in [5.74, 6) is 0.155. The van der Waals surface area contributed by atoms with Crippen LogP contribution in [0.2, 0.25) is 0 Å². The first-order valence-electron chi connectivity index (χ1n) is 8.94. The highest BCUT2D eigenvalue weighted by Gasteiger charge is 2.21. The Labute approximate surface area is 143 Å². The van der Waals surface area contributed by atoms with E-state index in [0.29, 0.717) is 0 Å². The molecule has 130 valence electrons. The fourth-order valence-electron chi connectivity index (χ4n) is 3.46. The van der Waals surface area contributed by atoms with E-state index in [1.165, 1.54) is 24.1 Å². The molecule has 0 radical (unpaired) electrons. The van der Waals surface area contributed by atoms with Crippen LogP contribution < -0.4 is 15.5 Å². The number of hydrogen-bond donors (Lipinski definition) is 3. The Bertz CT molecular complexity index is 615. The number of carbonyl (C=O) groups is 1. The van der Waals surface area contributed by atoms with Crippen LogP contribution in [0, 0.1) is 5.92 Å². The standard InChI is InChI=1S/C19H27N3O2/c1-2-3-9-22-10-8-15-5-7-17(12-18(15)22)21-19(24)20-16-6-4-14(11-16)13-23/h4-7,12,14,16,23H,2-3,8-11,13H2,1H3,(H2,20,21,24)/t14-,16+/m0/s1. The number of nitrogens with one attached hydrogen (secondary N) is 2. The van der Waals surface area contributed by atoms with E-state index >= 15 is 0 Å². The largest absolute Gasteiger partial charge is 0.396 e. The van der Waals surface area contributed by atoms with E-state index in [9.17, 15) is 4.79 Å². The van der Waals surface area contributed by atoms with Gasteiger partial charge in [-0.15, -0.1) is 0 Å². The van der Waals surface area contributed by atoms with Crippen LogP contribution in [0.15, 0.2) is 30.4 Å². The topological polar surface area (TPSA) is 64.6 Å². The first-order chi connectivity index (χ1) is 11.7. The van der Waals surface area contributed by atoms with Crippen molar-refractivity contribution in [2.75, 3.05) is 29.9 Å². The van der Waals surface area contributed by atoms with Gasteiger partial charge in [0.05, 0.1) is 0 Å². The highest BCUT2D eigenvalue weighted by Crippen LogP contribution is 2.31. The fraction of sp³-hybridized carbons (Fsp3) is 0.526. The zero-order valence-corrected chi connectivity index (χ0v) is 14.3. The van der Waals surface area contributed by atoms with Gasteiger partial charge in [-0.05, 0) is 37.0 Å². The van der Waals surface area contributed by atoms with E-state index in [1.54, 1.807) is 0 Å². The maximum atomic E-state index is 12.2. The maximum Gasteiger partial charge on any atom is 0.319 e. The quantitative estimate of drug-likeness (QED) is 0.703. The second-order valence-corrected chi connectivity index (χ2v) is 6.70. The third-order valence-electron chi connectivity index (χ3n) is 4.84. The Morgan fingerprint density at radius 3 is 3.00 bits per heavy atom. The van der Waals surface area contributed by atoms with Crippen molar-refractivity contribution in [1.82, 2.24) is 5.32 Å². The number of aliphatic hydroxyl groups is 1. The second-order valence-electron chi connectivity index (χ2n) is 6.70. The summed E-state index contributed by atoms with van der Waals surface area (Å²) in [5.41, 5.74) is 3.44. The smallest absolute Gasteiger partial charge is 0.319 e. The van der Waals surface area contributed by atoms with Gasteiger partial charge in [0, 0.05) is 43.0 Å². The molecule has 24 heavy (non-hydrogen) atoms. The Morgan fingerprint density at radius 1 is 1.38 bits per heavy atom. The number of fused-ring (bicyclic) bond motifs is 1. The molecule has 0 fully saturated rings. The minimum atomic E-state index is -0.193. The third kappa shape index (κ3) is 3.90. The number of carbonyl (C=O) groups excluding carboxylic acids is 1. The van der Waals surface area contributed by atoms with Gasteiger partial charge in [-0.1, -0.05) is 31.6 Å². The lowest BCUT2D eigenvalue weighted by Crippen LogP contribution is -2.36. The number of anilines is 2. The van der Waals surface area contributed by atoms with Crippen LogP contribution >= 0.6 is 0 Å². The molecule has 0 saturated carbocycles. The molecule has 0 saturated heterocycles. The molecule has 1 aromatic carbocycles. The fourth-order valence-corrected chi connectivity index (χ4v) is 3.46. The van der Waals surface area contributed by atoms with Crippen molar-refractivity contribution in [1.29, 1.82) is 0 Å². The van der Waals surface area contributed by atoms with Gasteiger partial charge in [0.2, 0.25) is 0 Å². The van der Waals surface area contributed by atoms with Crippen LogP contribution in [0.5, 0.6) is 0 Å². The maximum absolute atomic E-state index is 12.2. The van der Waals surface area contributed by atoms with E-state index in [1.807, 2.05) is 18.2 Å². The minimum Gasteiger partial charge on any atom is -0.396 e. The molecule has 3 N–H and O–H groups in total. The zero-order chi connectivity index (χ0) is 16.9. The summed E-state index contributed by atoms with van der Waals surface area (Å²) in [4.78, 5) is 14.6. The second kappa shape index (κ2) is 7.71. The first kappa shape index (κ1) is 16.8. The summed E-state index contributed by atoms with van der Waals surface area (Å²) in [6.07, 6.45) is 8.15. The number of benzene rings is 1. The molecule has 1 aromatic rings. The van der Waals surface area contributed by atoms with Crippen LogP contribution in [0.1, 0.15) is 31.7 Å². The molecule has 3 rings (SSSR count). The summed E-state index contributed by atoms with van der Waals surface area (Å²) in [6.45, 7) is 4.49. The SMILES string of the molecule is CCCCN1CCc2ccc(NC(=O)N[C@@H]3C=C[C@H](CO)C3)cc21. The molecule has 2 atom stereocenters. The predicted octanol–water partition coefficient (Wildman–Crippen LogP) is 2.91. The number of rotatable bonds is 6. The number of aliphatic hydroxyl groups excluding tert-OH is 1. The molecule has 1 heterocycles. The summed E-state index contributed by atoms with van der Waals surface area (Å²) >= 11 is 0. The van der Waals surface area contributed by atoms with Gasteiger partial charge < -0.3 is 20.6 Å². The lowest BCUT2D eigenvalue weighted by Gasteiger charge is -2.20. The number of hydrogen-bond acceptors (Lipinski definition) is 3. The molecule has 5 nitrogen and oxygen atoms in total. The monoisotopic (exact) mass is 329 g/mol. The van der Waals surface area contributed by atoms with Crippen molar-refractivity contribution in [3.05, 3.63) is 35.9 Å². The molecule has 1 aliphatic carbocycles. The Morgan fingerprint density at radius 2 is 2.25 bits per heavy atom. The zero-order valence-electron chi connectivity index (χ0n) is 14.3. The first-order valence-corrected chi connectivity index (χ1v) is 8.94. The number of nitrogens with zero attached hydrogens (tertiary/aromatic N) is 1. The Balaban J connectivity index is 1.58.